The van der Waals surface area contributed by atoms with E-state index >= 15 is 0 Å². The molecule has 1 rings (SSSR count). The molecule has 13 heavy (non-hydrogen) atoms. The standard InChI is InChI=1S/C11H17NS/c1-3-12-8-5-4-6-11-10(2)7-9-13-11/h4,6-7,9,12H,3,5,8H2,1-2H3. The number of hydrogen-bond donors (Lipinski definition) is 1. The van der Waals surface area contributed by atoms with E-state index in [-0.39, 0.29) is 0 Å². The highest BCUT2D eigenvalue weighted by Crippen LogP contribution is 2.16. The van der Waals surface area contributed by atoms with Gasteiger partial charge in [0, 0.05) is 4.88 Å². The predicted octanol–water partition coefficient (Wildman–Crippen LogP) is 3.07. The van der Waals surface area contributed by atoms with Crippen molar-refractivity contribution in [2.24, 2.45) is 0 Å². The summed E-state index contributed by atoms with van der Waals surface area (Å²) in [6, 6.07) is 2.16. The van der Waals surface area contributed by atoms with Crippen LogP contribution in [0.5, 0.6) is 0 Å². The highest BCUT2D eigenvalue weighted by atomic mass is 32.1. The monoisotopic (exact) mass is 195 g/mol. The lowest BCUT2D eigenvalue weighted by molar-refractivity contribution is 0.727. The first-order valence-corrected chi connectivity index (χ1v) is 5.64. The Balaban J connectivity index is 2.28. The summed E-state index contributed by atoms with van der Waals surface area (Å²) in [6.45, 7) is 6.43. The number of aryl methyl sites for hydroxylation is 1. The van der Waals surface area contributed by atoms with Gasteiger partial charge in [-0.3, -0.25) is 0 Å². The van der Waals surface area contributed by atoms with Gasteiger partial charge in [0.05, 0.1) is 0 Å². The second kappa shape index (κ2) is 5.95. The summed E-state index contributed by atoms with van der Waals surface area (Å²) in [5.74, 6) is 0. The fraction of sp³-hybridized carbons (Fsp3) is 0.455. The van der Waals surface area contributed by atoms with Crippen LogP contribution in [-0.4, -0.2) is 13.1 Å². The lowest BCUT2D eigenvalue weighted by atomic mass is 10.2. The number of hydrogen-bond acceptors (Lipinski definition) is 2. The Morgan fingerprint density at radius 3 is 3.00 bits per heavy atom. The molecule has 0 radical (unpaired) electrons. The Morgan fingerprint density at radius 1 is 1.54 bits per heavy atom. The van der Waals surface area contributed by atoms with Crippen LogP contribution in [0.2, 0.25) is 0 Å². The fourth-order valence-corrected chi connectivity index (χ4v) is 1.96. The molecule has 0 aliphatic rings. The van der Waals surface area contributed by atoms with E-state index in [1.165, 1.54) is 10.4 Å². The first-order chi connectivity index (χ1) is 6.34. The van der Waals surface area contributed by atoms with Gasteiger partial charge in [0.25, 0.3) is 0 Å². The summed E-state index contributed by atoms with van der Waals surface area (Å²) in [4.78, 5) is 1.39. The van der Waals surface area contributed by atoms with Crippen molar-refractivity contribution in [3.63, 3.8) is 0 Å². The van der Waals surface area contributed by atoms with Gasteiger partial charge >= 0.3 is 0 Å². The van der Waals surface area contributed by atoms with Gasteiger partial charge in [-0.15, -0.1) is 11.3 Å². The average molecular weight is 195 g/mol. The molecule has 72 valence electrons. The molecular weight excluding hydrogens is 178 g/mol. The maximum Gasteiger partial charge on any atom is 0.0296 e. The summed E-state index contributed by atoms with van der Waals surface area (Å²) in [6.07, 6.45) is 5.57. The van der Waals surface area contributed by atoms with Crippen LogP contribution >= 0.6 is 11.3 Å². The van der Waals surface area contributed by atoms with Crippen molar-refractivity contribution in [2.45, 2.75) is 20.3 Å². The average Bonchev–Trinajstić information content (AvgIpc) is 2.52. The number of rotatable bonds is 5. The Morgan fingerprint density at radius 2 is 2.38 bits per heavy atom. The molecule has 1 aromatic heterocycles. The zero-order chi connectivity index (χ0) is 9.52. The van der Waals surface area contributed by atoms with Crippen molar-refractivity contribution in [1.29, 1.82) is 0 Å². The van der Waals surface area contributed by atoms with Crippen molar-refractivity contribution in [2.75, 3.05) is 13.1 Å². The molecule has 2 heteroatoms. The minimum Gasteiger partial charge on any atom is -0.317 e. The molecule has 0 atom stereocenters. The highest BCUT2D eigenvalue weighted by Gasteiger charge is 1.92. The van der Waals surface area contributed by atoms with Crippen molar-refractivity contribution in [1.82, 2.24) is 5.32 Å². The van der Waals surface area contributed by atoms with Crippen molar-refractivity contribution in [3.05, 3.63) is 28.0 Å². The van der Waals surface area contributed by atoms with E-state index in [1.807, 2.05) is 0 Å². The fourth-order valence-electron chi connectivity index (χ4n) is 1.11. The number of nitrogens with one attached hydrogen (secondary N) is 1. The molecule has 0 unspecified atom stereocenters. The quantitative estimate of drug-likeness (QED) is 0.712. The molecule has 1 nitrogen and oxygen atoms in total. The van der Waals surface area contributed by atoms with Crippen LogP contribution in [0.1, 0.15) is 23.8 Å². The summed E-state index contributed by atoms with van der Waals surface area (Å²) in [5.41, 5.74) is 1.38. The Labute approximate surface area is 84.5 Å². The third-order valence-electron chi connectivity index (χ3n) is 1.91. The highest BCUT2D eigenvalue weighted by molar-refractivity contribution is 7.11. The van der Waals surface area contributed by atoms with Crippen LogP contribution in [0.3, 0.4) is 0 Å². The molecule has 0 bridgehead atoms. The molecule has 0 saturated heterocycles. The predicted molar refractivity (Wildman–Crippen MR) is 61.3 cm³/mol. The normalized spacial score (nSPS) is 11.2. The second-order valence-electron chi connectivity index (χ2n) is 3.01. The van der Waals surface area contributed by atoms with E-state index < -0.39 is 0 Å². The first-order valence-electron chi connectivity index (χ1n) is 4.76. The maximum absolute atomic E-state index is 3.30. The second-order valence-corrected chi connectivity index (χ2v) is 3.96. The molecule has 1 heterocycles. The summed E-state index contributed by atoms with van der Waals surface area (Å²) >= 11 is 1.81. The van der Waals surface area contributed by atoms with Crippen molar-refractivity contribution >= 4 is 17.4 Å². The van der Waals surface area contributed by atoms with Gasteiger partial charge in [-0.25, -0.2) is 0 Å². The van der Waals surface area contributed by atoms with Gasteiger partial charge in [-0.2, -0.15) is 0 Å². The molecule has 0 fully saturated rings. The van der Waals surface area contributed by atoms with Gasteiger partial charge in [-0.05, 0) is 49.5 Å². The summed E-state index contributed by atoms with van der Waals surface area (Å²) in [5, 5.41) is 5.43. The van der Waals surface area contributed by atoms with Crippen LogP contribution in [0.15, 0.2) is 17.5 Å². The van der Waals surface area contributed by atoms with E-state index in [0.717, 1.165) is 19.5 Å². The van der Waals surface area contributed by atoms with Gasteiger partial charge in [-0.1, -0.05) is 13.0 Å². The van der Waals surface area contributed by atoms with Crippen LogP contribution < -0.4 is 5.32 Å². The van der Waals surface area contributed by atoms with E-state index in [4.69, 9.17) is 0 Å². The van der Waals surface area contributed by atoms with E-state index in [1.54, 1.807) is 11.3 Å². The minimum atomic E-state index is 1.06. The molecule has 0 amide bonds. The maximum atomic E-state index is 3.30. The molecule has 0 spiro atoms. The van der Waals surface area contributed by atoms with Gasteiger partial charge in [0.1, 0.15) is 0 Å². The Kier molecular flexibility index (Phi) is 4.79. The van der Waals surface area contributed by atoms with Crippen LogP contribution in [-0.2, 0) is 0 Å². The summed E-state index contributed by atoms with van der Waals surface area (Å²) < 4.78 is 0. The van der Waals surface area contributed by atoms with Gasteiger partial charge in [0.2, 0.25) is 0 Å². The molecule has 0 saturated carbocycles. The third-order valence-corrected chi connectivity index (χ3v) is 2.89. The van der Waals surface area contributed by atoms with Crippen LogP contribution in [0, 0.1) is 6.92 Å². The van der Waals surface area contributed by atoms with E-state index in [2.05, 4.69) is 42.8 Å². The smallest absolute Gasteiger partial charge is 0.0296 e. The van der Waals surface area contributed by atoms with Gasteiger partial charge in [0.15, 0.2) is 0 Å². The largest absolute Gasteiger partial charge is 0.317 e. The Bertz CT molecular complexity index is 263. The Hall–Kier alpha value is -0.600. The van der Waals surface area contributed by atoms with Crippen molar-refractivity contribution < 1.29 is 0 Å². The zero-order valence-corrected chi connectivity index (χ0v) is 9.16. The topological polar surface area (TPSA) is 12.0 Å². The zero-order valence-electron chi connectivity index (χ0n) is 8.34. The molecule has 0 aromatic carbocycles. The molecule has 0 aliphatic heterocycles. The van der Waals surface area contributed by atoms with Crippen molar-refractivity contribution in [3.8, 4) is 0 Å². The van der Waals surface area contributed by atoms with Crippen LogP contribution in [0.25, 0.3) is 6.08 Å². The van der Waals surface area contributed by atoms with E-state index in [9.17, 15) is 0 Å². The molecular formula is C11H17NS. The SMILES string of the molecule is CCNCCC=Cc1sccc1C. The lowest BCUT2D eigenvalue weighted by Gasteiger charge is -1.95. The van der Waals surface area contributed by atoms with Crippen LogP contribution in [0.4, 0.5) is 0 Å². The molecule has 1 aromatic rings. The minimum absolute atomic E-state index is 1.06. The van der Waals surface area contributed by atoms with Gasteiger partial charge < -0.3 is 5.32 Å². The lowest BCUT2D eigenvalue weighted by Crippen LogP contribution is -2.12. The molecule has 0 aliphatic carbocycles. The van der Waals surface area contributed by atoms with E-state index in [0.29, 0.717) is 0 Å². The third kappa shape index (κ3) is 3.75. The first kappa shape index (κ1) is 10.5. The summed E-state index contributed by atoms with van der Waals surface area (Å²) in [7, 11) is 0. The molecule has 1 N–H and O–H groups in total. The number of thiophene rings is 1.